The van der Waals surface area contributed by atoms with Gasteiger partial charge in [-0.3, -0.25) is 9.36 Å². The van der Waals surface area contributed by atoms with Gasteiger partial charge in [-0.15, -0.1) is 0 Å². The van der Waals surface area contributed by atoms with Crippen molar-refractivity contribution in [2.24, 2.45) is 0 Å². The molecule has 2 N–H and O–H groups in total. The maximum absolute atomic E-state index is 14.3. The lowest BCUT2D eigenvalue weighted by atomic mass is 10.2. The van der Waals surface area contributed by atoms with Gasteiger partial charge in [0.25, 0.3) is 5.56 Å². The predicted molar refractivity (Wildman–Crippen MR) is 125 cm³/mol. The molecule has 0 saturated heterocycles. The van der Waals surface area contributed by atoms with Crippen LogP contribution in [0.3, 0.4) is 0 Å². The molecular weight excluding hydrogens is 429 g/mol. The molecule has 4 aromatic rings. The van der Waals surface area contributed by atoms with E-state index < -0.39 is 5.82 Å². The van der Waals surface area contributed by atoms with Crippen molar-refractivity contribution in [3.05, 3.63) is 70.0 Å². The Labute approximate surface area is 188 Å². The molecule has 0 unspecified atom stereocenters. The monoisotopic (exact) mass is 451 g/mol. The second-order valence-electron chi connectivity index (χ2n) is 7.49. The average Bonchev–Trinajstić information content (AvgIpc) is 2.75. The number of rotatable bonds is 5. The molecule has 4 rings (SSSR count). The number of thioether (sulfide) groups is 1. The van der Waals surface area contributed by atoms with Crippen LogP contribution < -0.4 is 16.2 Å². The molecule has 10 heteroatoms. The van der Waals surface area contributed by atoms with Gasteiger partial charge in [-0.2, -0.15) is 15.0 Å². The SMILES string of the molecule is Cc1ccc(-n2c(S[C@H](C)c3nc(N)nc(N(C)C)n3)nc3ccccc3c2=O)cc1F. The van der Waals surface area contributed by atoms with E-state index in [0.29, 0.717) is 39.1 Å². The molecule has 0 bridgehead atoms. The summed E-state index contributed by atoms with van der Waals surface area (Å²) in [4.78, 5) is 32.7. The quantitative estimate of drug-likeness (QED) is 0.363. The van der Waals surface area contributed by atoms with E-state index in [2.05, 4.69) is 15.0 Å². The molecule has 0 aliphatic rings. The summed E-state index contributed by atoms with van der Waals surface area (Å²) in [5.74, 6) is 0.600. The van der Waals surface area contributed by atoms with Crippen LogP contribution in [0.2, 0.25) is 0 Å². The van der Waals surface area contributed by atoms with E-state index in [4.69, 9.17) is 10.7 Å². The Morgan fingerprint density at radius 1 is 1.09 bits per heavy atom. The Morgan fingerprint density at radius 2 is 1.84 bits per heavy atom. The number of fused-ring (bicyclic) bond motifs is 1. The van der Waals surface area contributed by atoms with Gasteiger partial charge < -0.3 is 10.6 Å². The molecule has 0 spiro atoms. The first-order valence-electron chi connectivity index (χ1n) is 9.88. The number of anilines is 2. The van der Waals surface area contributed by atoms with Crippen molar-refractivity contribution in [3.63, 3.8) is 0 Å². The van der Waals surface area contributed by atoms with E-state index in [1.165, 1.54) is 22.4 Å². The van der Waals surface area contributed by atoms with Crippen molar-refractivity contribution in [3.8, 4) is 5.69 Å². The lowest BCUT2D eigenvalue weighted by Gasteiger charge is -2.17. The Bertz CT molecular complexity index is 1370. The fraction of sp³-hybridized carbons (Fsp3) is 0.227. The number of benzene rings is 2. The average molecular weight is 452 g/mol. The van der Waals surface area contributed by atoms with Crippen LogP contribution in [0.25, 0.3) is 16.6 Å². The Hall–Kier alpha value is -3.53. The van der Waals surface area contributed by atoms with Crippen molar-refractivity contribution in [2.75, 3.05) is 24.7 Å². The maximum Gasteiger partial charge on any atom is 0.266 e. The topological polar surface area (TPSA) is 103 Å². The van der Waals surface area contributed by atoms with Gasteiger partial charge in [-0.05, 0) is 43.7 Å². The molecule has 164 valence electrons. The van der Waals surface area contributed by atoms with Crippen LogP contribution in [-0.4, -0.2) is 38.6 Å². The van der Waals surface area contributed by atoms with Gasteiger partial charge >= 0.3 is 0 Å². The molecule has 8 nitrogen and oxygen atoms in total. The van der Waals surface area contributed by atoms with Crippen LogP contribution in [0.4, 0.5) is 16.3 Å². The number of aromatic nitrogens is 5. The fourth-order valence-corrected chi connectivity index (χ4v) is 4.10. The van der Waals surface area contributed by atoms with Crippen molar-refractivity contribution in [2.45, 2.75) is 24.3 Å². The van der Waals surface area contributed by atoms with E-state index in [1.54, 1.807) is 42.2 Å². The lowest BCUT2D eigenvalue weighted by Crippen LogP contribution is -2.22. The molecule has 0 amide bonds. The highest BCUT2D eigenvalue weighted by Crippen LogP contribution is 2.34. The van der Waals surface area contributed by atoms with E-state index in [-0.39, 0.29) is 16.8 Å². The summed E-state index contributed by atoms with van der Waals surface area (Å²) in [7, 11) is 3.62. The zero-order chi connectivity index (χ0) is 23.0. The number of halogens is 1. The first kappa shape index (κ1) is 21.7. The normalized spacial score (nSPS) is 12.2. The van der Waals surface area contributed by atoms with E-state index >= 15 is 0 Å². The number of hydrogen-bond donors (Lipinski definition) is 1. The molecule has 2 aromatic carbocycles. The van der Waals surface area contributed by atoms with Crippen LogP contribution >= 0.6 is 11.8 Å². The van der Waals surface area contributed by atoms with Gasteiger partial charge in [0, 0.05) is 14.1 Å². The second kappa shape index (κ2) is 8.54. The fourth-order valence-electron chi connectivity index (χ4n) is 3.13. The largest absolute Gasteiger partial charge is 0.368 e. The molecule has 0 aliphatic carbocycles. The van der Waals surface area contributed by atoms with Crippen molar-refractivity contribution in [1.29, 1.82) is 0 Å². The van der Waals surface area contributed by atoms with Gasteiger partial charge in [0.1, 0.15) is 11.6 Å². The minimum Gasteiger partial charge on any atom is -0.368 e. The van der Waals surface area contributed by atoms with Gasteiger partial charge in [-0.25, -0.2) is 9.37 Å². The highest BCUT2D eigenvalue weighted by atomic mass is 32.2. The summed E-state index contributed by atoms with van der Waals surface area (Å²) in [6, 6.07) is 11.8. The first-order chi connectivity index (χ1) is 15.2. The Balaban J connectivity index is 1.86. The highest BCUT2D eigenvalue weighted by molar-refractivity contribution is 7.99. The lowest BCUT2D eigenvalue weighted by molar-refractivity contribution is 0.615. The maximum atomic E-state index is 14.3. The van der Waals surface area contributed by atoms with Crippen LogP contribution in [0, 0.1) is 12.7 Å². The first-order valence-corrected chi connectivity index (χ1v) is 10.8. The van der Waals surface area contributed by atoms with E-state index in [9.17, 15) is 9.18 Å². The van der Waals surface area contributed by atoms with E-state index in [1.807, 2.05) is 27.1 Å². The molecule has 32 heavy (non-hydrogen) atoms. The van der Waals surface area contributed by atoms with Gasteiger partial charge in [0.05, 0.1) is 21.8 Å². The minimum atomic E-state index is -0.396. The molecule has 1 atom stereocenters. The third-order valence-electron chi connectivity index (χ3n) is 4.86. The smallest absolute Gasteiger partial charge is 0.266 e. The van der Waals surface area contributed by atoms with Crippen LogP contribution in [0.15, 0.2) is 52.4 Å². The molecule has 0 fully saturated rings. The number of hydrogen-bond acceptors (Lipinski definition) is 8. The Kier molecular flexibility index (Phi) is 5.79. The van der Waals surface area contributed by atoms with Crippen molar-refractivity contribution in [1.82, 2.24) is 24.5 Å². The van der Waals surface area contributed by atoms with Crippen LogP contribution in [0.5, 0.6) is 0 Å². The second-order valence-corrected chi connectivity index (χ2v) is 8.80. The standard InChI is InChI=1S/C22H22FN7OS/c1-12-9-10-14(11-16(12)23)30-19(31)15-7-5-6-8-17(15)25-22(30)32-13(2)18-26-20(24)28-21(27-18)29(3)4/h5-11,13H,1-4H3,(H2,24,26,27,28)/t13-/m1/s1. The molecule has 0 aliphatic heterocycles. The van der Waals surface area contributed by atoms with Crippen LogP contribution in [0.1, 0.15) is 23.6 Å². The number of para-hydroxylation sites is 1. The van der Waals surface area contributed by atoms with Gasteiger partial charge in [0.2, 0.25) is 11.9 Å². The summed E-state index contributed by atoms with van der Waals surface area (Å²) >= 11 is 1.29. The molecule has 2 heterocycles. The number of nitrogens with two attached hydrogens (primary N) is 1. The zero-order valence-electron chi connectivity index (χ0n) is 18.1. The summed E-state index contributed by atoms with van der Waals surface area (Å²) in [6.45, 7) is 3.56. The Morgan fingerprint density at radius 3 is 2.56 bits per heavy atom. The minimum absolute atomic E-state index is 0.107. The molecular formula is C22H22FN7OS. The van der Waals surface area contributed by atoms with E-state index in [0.717, 1.165) is 0 Å². The number of aryl methyl sites for hydroxylation is 1. The predicted octanol–water partition coefficient (Wildman–Crippen LogP) is 3.52. The number of nitrogen functional groups attached to an aromatic ring is 1. The number of nitrogens with zero attached hydrogens (tertiary/aromatic N) is 6. The summed E-state index contributed by atoms with van der Waals surface area (Å²) in [5.41, 5.74) is 7.04. The highest BCUT2D eigenvalue weighted by Gasteiger charge is 2.20. The van der Waals surface area contributed by atoms with Gasteiger partial charge in [-0.1, -0.05) is 30.0 Å². The van der Waals surface area contributed by atoms with Crippen molar-refractivity contribution >= 4 is 34.6 Å². The third kappa shape index (κ3) is 4.13. The molecule has 2 aromatic heterocycles. The van der Waals surface area contributed by atoms with Crippen molar-refractivity contribution < 1.29 is 4.39 Å². The van der Waals surface area contributed by atoms with Crippen LogP contribution in [-0.2, 0) is 0 Å². The summed E-state index contributed by atoms with van der Waals surface area (Å²) in [6.07, 6.45) is 0. The summed E-state index contributed by atoms with van der Waals surface area (Å²) in [5, 5.41) is 0.535. The third-order valence-corrected chi connectivity index (χ3v) is 5.91. The molecule has 0 saturated carbocycles. The van der Waals surface area contributed by atoms with Gasteiger partial charge in [0.15, 0.2) is 5.16 Å². The zero-order valence-corrected chi connectivity index (χ0v) is 18.9. The molecule has 0 radical (unpaired) electrons. The summed E-state index contributed by atoms with van der Waals surface area (Å²) < 4.78 is 15.8.